The largest absolute Gasteiger partial charge is 0.756 e. The van der Waals surface area contributed by atoms with Gasteiger partial charge in [0.15, 0.2) is 5.11 Å². The Morgan fingerprint density at radius 2 is 1.53 bits per heavy atom. The lowest BCUT2D eigenvalue weighted by atomic mass is 10.0. The van der Waals surface area contributed by atoms with Gasteiger partial charge in [0.1, 0.15) is 13.2 Å². The topological polar surface area (TPSA) is 103 Å². The highest BCUT2D eigenvalue weighted by Crippen LogP contribution is 2.38. The van der Waals surface area contributed by atoms with E-state index in [4.69, 9.17) is 21.3 Å². The molecule has 0 heterocycles. The maximum atomic E-state index is 12.2. The standard InChI is InChI=1S/C28H58N3O5PS/c1-8-9-10-11-12-13-14-15-16-17-18-19-20-21-26(32)25(29-27(38)30-28(2,3)4)24-36-37(33,34)35-23-22-31(5,6)7/h20-21,25-26,32H,8-19,22-24H2,1-7H3,(H2-,29,30,33,34,38)/b21-20+/t25-,26+/m0/s1. The maximum absolute atomic E-state index is 12.2. The third kappa shape index (κ3) is 24.5. The van der Waals surface area contributed by atoms with Crippen LogP contribution in [0, 0.1) is 0 Å². The zero-order valence-corrected chi connectivity index (χ0v) is 27.0. The number of nitrogens with one attached hydrogen (secondary N) is 2. The van der Waals surface area contributed by atoms with Gasteiger partial charge in [0.05, 0.1) is 39.9 Å². The predicted molar refractivity (Wildman–Crippen MR) is 161 cm³/mol. The van der Waals surface area contributed by atoms with Crippen molar-refractivity contribution in [1.82, 2.24) is 10.6 Å². The summed E-state index contributed by atoms with van der Waals surface area (Å²) in [5.74, 6) is 0. The molecule has 0 spiro atoms. The van der Waals surface area contributed by atoms with E-state index in [0.717, 1.165) is 12.8 Å². The first-order valence-corrected chi connectivity index (χ1v) is 16.4. The Hall–Kier alpha value is -0.540. The first-order valence-electron chi connectivity index (χ1n) is 14.5. The van der Waals surface area contributed by atoms with Gasteiger partial charge < -0.3 is 34.2 Å². The summed E-state index contributed by atoms with van der Waals surface area (Å²) in [4.78, 5) is 12.2. The number of phosphoric acid groups is 1. The van der Waals surface area contributed by atoms with Gasteiger partial charge in [0, 0.05) is 5.54 Å². The van der Waals surface area contributed by atoms with Crippen LogP contribution >= 0.6 is 20.0 Å². The quantitative estimate of drug-likeness (QED) is 0.0512. The van der Waals surface area contributed by atoms with Crippen LogP contribution in [0.15, 0.2) is 12.2 Å². The van der Waals surface area contributed by atoms with Crippen molar-refractivity contribution in [2.45, 2.75) is 122 Å². The van der Waals surface area contributed by atoms with Crippen LogP contribution in [0.25, 0.3) is 0 Å². The molecule has 0 aliphatic heterocycles. The van der Waals surface area contributed by atoms with Crippen LogP contribution in [0.4, 0.5) is 0 Å². The van der Waals surface area contributed by atoms with E-state index in [1.165, 1.54) is 64.2 Å². The second-order valence-electron chi connectivity index (χ2n) is 12.3. The molecule has 0 aromatic carbocycles. The summed E-state index contributed by atoms with van der Waals surface area (Å²) in [5.41, 5.74) is -0.284. The average molecular weight is 580 g/mol. The molecule has 0 fully saturated rings. The number of hydrogen-bond donors (Lipinski definition) is 3. The number of hydrogen-bond acceptors (Lipinski definition) is 6. The van der Waals surface area contributed by atoms with Gasteiger partial charge in [-0.05, 0) is 45.8 Å². The van der Waals surface area contributed by atoms with Crippen molar-refractivity contribution < 1.29 is 28.1 Å². The number of aliphatic hydroxyl groups is 1. The molecule has 0 aliphatic carbocycles. The number of rotatable bonds is 22. The maximum Gasteiger partial charge on any atom is 0.268 e. The van der Waals surface area contributed by atoms with Crippen molar-refractivity contribution in [3.05, 3.63) is 12.2 Å². The van der Waals surface area contributed by atoms with Gasteiger partial charge in [-0.25, -0.2) is 0 Å². The number of thiocarbonyl (C=S) groups is 1. The van der Waals surface area contributed by atoms with Gasteiger partial charge in [-0.15, -0.1) is 0 Å². The fourth-order valence-electron chi connectivity index (χ4n) is 3.70. The number of likely N-dealkylation sites (N-methyl/N-ethyl adjacent to an activating group) is 1. The smallest absolute Gasteiger partial charge is 0.268 e. The highest BCUT2D eigenvalue weighted by atomic mass is 32.1. The second-order valence-corrected chi connectivity index (χ2v) is 14.1. The normalized spacial score (nSPS) is 15.8. The van der Waals surface area contributed by atoms with Gasteiger partial charge in [0.2, 0.25) is 0 Å². The molecular weight excluding hydrogens is 521 g/mol. The van der Waals surface area contributed by atoms with Crippen molar-refractivity contribution in [2.24, 2.45) is 0 Å². The van der Waals surface area contributed by atoms with Gasteiger partial charge in [-0.3, -0.25) is 4.57 Å². The van der Waals surface area contributed by atoms with E-state index >= 15 is 0 Å². The summed E-state index contributed by atoms with van der Waals surface area (Å²) < 4.78 is 22.9. The lowest BCUT2D eigenvalue weighted by molar-refractivity contribution is -0.870. The van der Waals surface area contributed by atoms with E-state index in [1.54, 1.807) is 6.08 Å². The number of phosphoric ester groups is 1. The lowest BCUT2D eigenvalue weighted by Crippen LogP contribution is -2.53. The SMILES string of the molecule is CCCCCCCCCCCCC/C=C/[C@@H](O)[C@H](COP(=O)([O-])OCC[N+](C)(C)C)NC(=S)NC(C)(C)C. The second kappa shape index (κ2) is 20.4. The molecule has 10 heteroatoms. The van der Waals surface area contributed by atoms with Gasteiger partial charge in [-0.1, -0.05) is 83.3 Å². The summed E-state index contributed by atoms with van der Waals surface area (Å²) in [7, 11) is 1.32. The summed E-state index contributed by atoms with van der Waals surface area (Å²) in [6.45, 7) is 8.37. The fraction of sp³-hybridized carbons (Fsp3) is 0.893. The van der Waals surface area contributed by atoms with Gasteiger partial charge in [-0.2, -0.15) is 0 Å². The summed E-state index contributed by atoms with van der Waals surface area (Å²) in [6, 6.07) is -0.754. The minimum atomic E-state index is -4.52. The van der Waals surface area contributed by atoms with E-state index in [1.807, 2.05) is 48.0 Å². The number of unbranched alkanes of at least 4 members (excludes halogenated alkanes) is 11. The summed E-state index contributed by atoms with van der Waals surface area (Å²) >= 11 is 5.36. The number of nitrogens with zero attached hydrogens (tertiary/aromatic N) is 1. The molecule has 0 rings (SSSR count). The minimum Gasteiger partial charge on any atom is -0.756 e. The molecule has 38 heavy (non-hydrogen) atoms. The number of aliphatic hydroxyl groups excluding tert-OH is 1. The van der Waals surface area contributed by atoms with E-state index in [-0.39, 0.29) is 18.8 Å². The van der Waals surface area contributed by atoms with Crippen LogP contribution in [0.1, 0.15) is 105 Å². The van der Waals surface area contributed by atoms with E-state index in [0.29, 0.717) is 16.1 Å². The molecule has 0 saturated carbocycles. The van der Waals surface area contributed by atoms with Crippen LogP contribution < -0.4 is 15.5 Å². The molecule has 3 atom stereocenters. The zero-order valence-electron chi connectivity index (χ0n) is 25.3. The first-order chi connectivity index (χ1) is 17.7. The summed E-state index contributed by atoms with van der Waals surface area (Å²) in [6.07, 6.45) is 17.7. The fourth-order valence-corrected chi connectivity index (χ4v) is 4.88. The average Bonchev–Trinajstić information content (AvgIpc) is 2.77. The third-order valence-corrected chi connectivity index (χ3v) is 7.13. The van der Waals surface area contributed by atoms with Crippen molar-refractivity contribution in [2.75, 3.05) is 40.9 Å². The van der Waals surface area contributed by atoms with Gasteiger partial charge >= 0.3 is 0 Å². The van der Waals surface area contributed by atoms with Crippen molar-refractivity contribution >= 4 is 25.2 Å². The van der Waals surface area contributed by atoms with Crippen LogP contribution in [0.2, 0.25) is 0 Å². The van der Waals surface area contributed by atoms with Crippen LogP contribution in [0.3, 0.4) is 0 Å². The molecule has 8 nitrogen and oxygen atoms in total. The Bertz CT molecular complexity index is 695. The van der Waals surface area contributed by atoms with E-state index in [9.17, 15) is 14.6 Å². The van der Waals surface area contributed by atoms with Crippen molar-refractivity contribution in [1.29, 1.82) is 0 Å². The molecule has 0 amide bonds. The Balaban J connectivity index is 4.56. The van der Waals surface area contributed by atoms with E-state index in [2.05, 4.69) is 17.6 Å². The molecule has 0 aliphatic rings. The van der Waals surface area contributed by atoms with Gasteiger partial charge in [0.25, 0.3) is 7.82 Å². The highest BCUT2D eigenvalue weighted by Gasteiger charge is 2.23. The van der Waals surface area contributed by atoms with E-state index < -0.39 is 20.0 Å². The number of quaternary nitrogens is 1. The summed E-state index contributed by atoms with van der Waals surface area (Å²) in [5, 5.41) is 17.2. The first kappa shape index (κ1) is 37.5. The minimum absolute atomic E-state index is 0.0216. The Labute approximate surface area is 239 Å². The predicted octanol–water partition coefficient (Wildman–Crippen LogP) is 5.44. The van der Waals surface area contributed by atoms with Crippen LogP contribution in [0.5, 0.6) is 0 Å². The molecule has 0 bridgehead atoms. The molecule has 0 aromatic heterocycles. The lowest BCUT2D eigenvalue weighted by Gasteiger charge is -2.31. The van der Waals surface area contributed by atoms with Crippen LogP contribution in [-0.2, 0) is 13.6 Å². The molecule has 1 unspecified atom stereocenters. The molecule has 226 valence electrons. The highest BCUT2D eigenvalue weighted by molar-refractivity contribution is 7.80. The van der Waals surface area contributed by atoms with Crippen LogP contribution in [-0.4, -0.2) is 73.3 Å². The molecule has 3 N–H and O–H groups in total. The zero-order chi connectivity index (χ0) is 29.1. The molecule has 0 aromatic rings. The Morgan fingerprint density at radius 1 is 1.00 bits per heavy atom. The Morgan fingerprint density at radius 3 is 2.03 bits per heavy atom. The molecule has 0 saturated heterocycles. The number of allylic oxidation sites excluding steroid dienone is 1. The Kier molecular flexibility index (Phi) is 20.1. The third-order valence-electron chi connectivity index (χ3n) is 5.95. The van der Waals surface area contributed by atoms with Crippen molar-refractivity contribution in [3.8, 4) is 0 Å². The monoisotopic (exact) mass is 579 g/mol. The van der Waals surface area contributed by atoms with Crippen molar-refractivity contribution in [3.63, 3.8) is 0 Å². The molecule has 0 radical (unpaired) electrons. The molecular formula is C28H58N3O5PS.